The number of benzene rings is 2. The minimum Gasteiger partial charge on any atom is -0.495 e. The van der Waals surface area contributed by atoms with Crippen molar-refractivity contribution in [3.8, 4) is 17.2 Å². The largest absolute Gasteiger partial charge is 0.495 e. The fourth-order valence-corrected chi connectivity index (χ4v) is 4.07. The van der Waals surface area contributed by atoms with Crippen molar-refractivity contribution >= 4 is 50.5 Å². The first-order valence-corrected chi connectivity index (χ1v) is 12.0. The highest BCUT2D eigenvalue weighted by Crippen LogP contribution is 2.40. The van der Waals surface area contributed by atoms with Gasteiger partial charge >= 0.3 is 0 Å². The molecular weight excluding hydrogens is 503 g/mol. The Hall–Kier alpha value is -3.21. The number of aryl methyl sites for hydroxylation is 1. The Kier molecular flexibility index (Phi) is 8.08. The van der Waals surface area contributed by atoms with Crippen molar-refractivity contribution in [1.29, 1.82) is 0 Å². The van der Waals surface area contributed by atoms with Crippen LogP contribution in [0.4, 0.5) is 17.3 Å². The molecule has 0 fully saturated rings. The van der Waals surface area contributed by atoms with Crippen LogP contribution in [0.3, 0.4) is 0 Å². The normalized spacial score (nSPS) is 11.0. The number of methoxy groups -OCH3 is 2. The van der Waals surface area contributed by atoms with Gasteiger partial charge in [-0.3, -0.25) is 4.72 Å². The van der Waals surface area contributed by atoms with E-state index < -0.39 is 10.0 Å². The van der Waals surface area contributed by atoms with Gasteiger partial charge < -0.3 is 19.5 Å². The molecule has 180 valence electrons. The number of anilines is 3. The lowest BCUT2D eigenvalue weighted by Gasteiger charge is -2.16. The van der Waals surface area contributed by atoms with Gasteiger partial charge in [-0.1, -0.05) is 41.9 Å². The quantitative estimate of drug-likeness (QED) is 0.366. The maximum absolute atomic E-state index is 11.9. The van der Waals surface area contributed by atoms with E-state index in [1.54, 1.807) is 18.2 Å². The number of ether oxygens (including phenoxy) is 3. The average Bonchev–Trinajstić information content (AvgIpc) is 2.82. The van der Waals surface area contributed by atoms with Crippen LogP contribution >= 0.6 is 23.2 Å². The zero-order valence-corrected chi connectivity index (χ0v) is 20.9. The number of halogens is 2. The van der Waals surface area contributed by atoms with Gasteiger partial charge in [0.2, 0.25) is 5.95 Å². The van der Waals surface area contributed by atoms with Crippen molar-refractivity contribution in [2.75, 3.05) is 24.3 Å². The van der Waals surface area contributed by atoms with Crippen molar-refractivity contribution in [2.24, 2.45) is 0 Å². The first-order valence-electron chi connectivity index (χ1n) is 9.74. The van der Waals surface area contributed by atoms with Gasteiger partial charge in [-0.15, -0.1) is 0 Å². The van der Waals surface area contributed by atoms with Gasteiger partial charge in [0.25, 0.3) is 10.0 Å². The van der Waals surface area contributed by atoms with E-state index in [0.717, 1.165) is 11.0 Å². The van der Waals surface area contributed by atoms with Crippen LogP contribution in [0.2, 0.25) is 10.0 Å². The lowest BCUT2D eigenvalue weighted by atomic mass is 10.2. The fourth-order valence-electron chi connectivity index (χ4n) is 2.90. The molecule has 1 aromatic heterocycles. The van der Waals surface area contributed by atoms with E-state index in [4.69, 9.17) is 37.4 Å². The molecule has 0 saturated carbocycles. The number of nitrogens with one attached hydrogen (secondary N) is 2. The molecule has 0 radical (unpaired) electrons. The molecule has 0 saturated heterocycles. The van der Waals surface area contributed by atoms with Crippen LogP contribution in [0.5, 0.6) is 17.2 Å². The van der Waals surface area contributed by atoms with Gasteiger partial charge in [-0.25, -0.2) is 18.4 Å². The third kappa shape index (κ3) is 5.82. The molecule has 2 aromatic carbocycles. The summed E-state index contributed by atoms with van der Waals surface area (Å²) in [4.78, 5) is 8.47. The van der Waals surface area contributed by atoms with Crippen LogP contribution in [-0.4, -0.2) is 32.6 Å². The second-order valence-electron chi connectivity index (χ2n) is 6.85. The third-order valence-corrected chi connectivity index (χ3v) is 6.43. The highest BCUT2D eigenvalue weighted by atomic mass is 35.5. The van der Waals surface area contributed by atoms with Gasteiger partial charge in [-0.05, 0) is 18.6 Å². The fraction of sp³-hybridized carbons (Fsp3) is 0.182. The standard InChI is InChI=1S/C22H22Cl2N4O5S/c1-5-34(29,30)28-16-8-6-7-13(2)21(16)27-22-25-10-14(11-26-22)33-12-15-19(23)17(31-3)9-18(32-4)20(15)24/h5-11,28H,1,12H2,2-4H3,(H,25,26,27). The molecular formula is C22H22Cl2N4O5S. The number of sulfonamides is 1. The van der Waals surface area contributed by atoms with Crippen LogP contribution in [0.1, 0.15) is 11.1 Å². The summed E-state index contributed by atoms with van der Waals surface area (Å²) in [6, 6.07) is 6.75. The van der Waals surface area contributed by atoms with E-state index in [2.05, 4.69) is 26.6 Å². The van der Waals surface area contributed by atoms with E-state index in [1.807, 2.05) is 13.0 Å². The van der Waals surface area contributed by atoms with Crippen molar-refractivity contribution in [2.45, 2.75) is 13.5 Å². The summed E-state index contributed by atoms with van der Waals surface area (Å²) in [5.74, 6) is 1.40. The monoisotopic (exact) mass is 524 g/mol. The first-order chi connectivity index (χ1) is 16.2. The Balaban J connectivity index is 1.78. The summed E-state index contributed by atoms with van der Waals surface area (Å²) in [5.41, 5.74) is 2.11. The molecule has 0 bridgehead atoms. The van der Waals surface area contributed by atoms with Crippen molar-refractivity contribution in [3.63, 3.8) is 0 Å². The van der Waals surface area contributed by atoms with Crippen LogP contribution < -0.4 is 24.2 Å². The molecule has 2 N–H and O–H groups in total. The summed E-state index contributed by atoms with van der Waals surface area (Å²) in [5, 5.41) is 4.47. The summed E-state index contributed by atoms with van der Waals surface area (Å²) in [7, 11) is -0.714. The smallest absolute Gasteiger partial charge is 0.254 e. The molecule has 9 nitrogen and oxygen atoms in total. The highest BCUT2D eigenvalue weighted by molar-refractivity contribution is 7.95. The van der Waals surface area contributed by atoms with Gasteiger partial charge in [0.05, 0.1) is 48.0 Å². The Labute approximate surface area is 207 Å². The van der Waals surface area contributed by atoms with Gasteiger partial charge in [0.15, 0.2) is 5.75 Å². The molecule has 0 spiro atoms. The second-order valence-corrected chi connectivity index (χ2v) is 9.24. The minimum absolute atomic E-state index is 0.0205. The average molecular weight is 525 g/mol. The van der Waals surface area contributed by atoms with Gasteiger partial charge in [0, 0.05) is 17.0 Å². The van der Waals surface area contributed by atoms with Gasteiger partial charge in [0.1, 0.15) is 18.1 Å². The van der Waals surface area contributed by atoms with Crippen LogP contribution in [0, 0.1) is 6.92 Å². The zero-order chi connectivity index (χ0) is 24.9. The number of aromatic nitrogens is 2. The molecule has 3 aromatic rings. The van der Waals surface area contributed by atoms with Gasteiger partial charge in [-0.2, -0.15) is 0 Å². The van der Waals surface area contributed by atoms with E-state index in [1.165, 1.54) is 26.6 Å². The minimum atomic E-state index is -3.69. The number of rotatable bonds is 10. The molecule has 34 heavy (non-hydrogen) atoms. The Morgan fingerprint density at radius 3 is 2.26 bits per heavy atom. The van der Waals surface area contributed by atoms with Crippen LogP contribution in [-0.2, 0) is 16.6 Å². The van der Waals surface area contributed by atoms with Crippen LogP contribution in [0.15, 0.2) is 48.6 Å². The molecule has 12 heteroatoms. The lowest BCUT2D eigenvalue weighted by Crippen LogP contribution is -2.11. The second kappa shape index (κ2) is 10.8. The molecule has 0 aliphatic rings. The number of para-hydroxylation sites is 1. The molecule has 1 heterocycles. The number of nitrogens with zero attached hydrogens (tertiary/aromatic N) is 2. The third-order valence-electron chi connectivity index (χ3n) is 4.66. The maximum Gasteiger partial charge on any atom is 0.254 e. The van der Waals surface area contributed by atoms with E-state index in [-0.39, 0.29) is 12.6 Å². The predicted molar refractivity (Wildman–Crippen MR) is 133 cm³/mol. The number of hydrogen-bond acceptors (Lipinski definition) is 8. The molecule has 0 aliphatic heterocycles. The van der Waals surface area contributed by atoms with Crippen molar-refractivity contribution < 1.29 is 22.6 Å². The Morgan fingerprint density at radius 1 is 1.09 bits per heavy atom. The SMILES string of the molecule is C=CS(=O)(=O)Nc1cccc(C)c1Nc1ncc(OCc2c(Cl)c(OC)cc(OC)c2Cl)cn1. The highest BCUT2D eigenvalue weighted by Gasteiger charge is 2.18. The molecule has 0 amide bonds. The van der Waals surface area contributed by atoms with E-state index in [0.29, 0.717) is 44.2 Å². The van der Waals surface area contributed by atoms with Crippen molar-refractivity contribution in [3.05, 3.63) is 69.8 Å². The summed E-state index contributed by atoms with van der Waals surface area (Å²) in [6.07, 6.45) is 2.92. The summed E-state index contributed by atoms with van der Waals surface area (Å²) < 4.78 is 42.5. The predicted octanol–water partition coefficient (Wildman–Crippen LogP) is 5.32. The van der Waals surface area contributed by atoms with Crippen molar-refractivity contribution in [1.82, 2.24) is 9.97 Å². The van der Waals surface area contributed by atoms with E-state index in [9.17, 15) is 8.42 Å². The van der Waals surface area contributed by atoms with Crippen LogP contribution in [0.25, 0.3) is 0 Å². The topological polar surface area (TPSA) is 112 Å². The summed E-state index contributed by atoms with van der Waals surface area (Å²) >= 11 is 12.7. The Bertz CT molecular complexity index is 1270. The lowest BCUT2D eigenvalue weighted by molar-refractivity contribution is 0.301. The molecule has 0 unspecified atom stereocenters. The first kappa shape index (κ1) is 25.4. The summed E-state index contributed by atoms with van der Waals surface area (Å²) in [6.45, 7) is 5.15. The Morgan fingerprint density at radius 2 is 1.71 bits per heavy atom. The zero-order valence-electron chi connectivity index (χ0n) is 18.6. The maximum atomic E-state index is 11.9. The molecule has 3 rings (SSSR count). The molecule has 0 atom stereocenters. The number of hydrogen-bond donors (Lipinski definition) is 2. The molecule has 0 aliphatic carbocycles. The van der Waals surface area contributed by atoms with E-state index >= 15 is 0 Å².